The van der Waals surface area contributed by atoms with Crippen LogP contribution in [0.1, 0.15) is 16.8 Å². The maximum atomic E-state index is 12.2. The van der Waals surface area contributed by atoms with Gasteiger partial charge in [0, 0.05) is 29.7 Å². The fraction of sp³-hybridized carbons (Fsp3) is 0.235. The molecule has 0 heterocycles. The number of carbonyl (C=O) groups excluding carboxylic acids is 1. The van der Waals surface area contributed by atoms with Crippen molar-refractivity contribution in [1.82, 2.24) is 5.32 Å². The summed E-state index contributed by atoms with van der Waals surface area (Å²) in [5, 5.41) is 16.9. The van der Waals surface area contributed by atoms with Crippen molar-refractivity contribution in [1.29, 1.82) is 0 Å². The van der Waals surface area contributed by atoms with Crippen LogP contribution in [0.25, 0.3) is 0 Å². The number of halogens is 2. The average Bonchev–Trinajstić information content (AvgIpc) is 2.62. The Morgan fingerprint density at radius 1 is 1.27 bits per heavy atom. The molecule has 138 valence electrons. The number of rotatable bonds is 8. The van der Waals surface area contributed by atoms with Crippen LogP contribution in [-0.2, 0) is 0 Å². The summed E-state index contributed by atoms with van der Waals surface area (Å²) < 4.78 is 5.98. The first kappa shape index (κ1) is 20.0. The van der Waals surface area contributed by atoms with Crippen LogP contribution in [0.2, 0.25) is 5.02 Å². The minimum absolute atomic E-state index is 0.0595. The predicted octanol–water partition coefficient (Wildman–Crippen LogP) is 4.25. The molecule has 7 nitrogen and oxygen atoms in total. The minimum atomic E-state index is -0.499. The van der Waals surface area contributed by atoms with E-state index in [0.717, 1.165) is 4.47 Å². The van der Waals surface area contributed by atoms with Gasteiger partial charge in [-0.2, -0.15) is 0 Å². The molecule has 26 heavy (non-hydrogen) atoms. The molecule has 1 amide bonds. The van der Waals surface area contributed by atoms with Crippen LogP contribution in [0.15, 0.2) is 40.9 Å². The number of benzene rings is 2. The van der Waals surface area contributed by atoms with E-state index in [9.17, 15) is 14.9 Å². The number of nitro groups is 1. The fourth-order valence-corrected chi connectivity index (χ4v) is 2.83. The number of nitrogens with zero attached hydrogens (tertiary/aromatic N) is 1. The quantitative estimate of drug-likeness (QED) is 0.362. The van der Waals surface area contributed by atoms with Crippen LogP contribution in [0, 0.1) is 10.1 Å². The standard InChI is InChI=1S/C17H17BrClN3O4/c1-26-16-6-3-11(18)9-13(16)17(23)21-8-2-7-20-15-5-4-12(22(24)25)10-14(15)19/h3-6,9-10,20H,2,7-8H2,1H3,(H,21,23). The van der Waals surface area contributed by atoms with E-state index < -0.39 is 4.92 Å². The number of nitro benzene ring substituents is 1. The first-order chi connectivity index (χ1) is 12.4. The number of methoxy groups -OCH3 is 1. The average molecular weight is 443 g/mol. The van der Waals surface area contributed by atoms with Crippen molar-refractivity contribution in [3.8, 4) is 5.75 Å². The van der Waals surface area contributed by atoms with E-state index in [2.05, 4.69) is 26.6 Å². The van der Waals surface area contributed by atoms with Crippen molar-refractivity contribution >= 4 is 44.8 Å². The van der Waals surface area contributed by atoms with Gasteiger partial charge in [0.25, 0.3) is 11.6 Å². The first-order valence-electron chi connectivity index (χ1n) is 7.72. The highest BCUT2D eigenvalue weighted by molar-refractivity contribution is 9.10. The molecule has 0 aliphatic heterocycles. The second-order valence-electron chi connectivity index (χ2n) is 5.30. The maximum Gasteiger partial charge on any atom is 0.271 e. The summed E-state index contributed by atoms with van der Waals surface area (Å²) in [6.07, 6.45) is 0.648. The molecular formula is C17H17BrClN3O4. The summed E-state index contributed by atoms with van der Waals surface area (Å²) in [6, 6.07) is 9.46. The van der Waals surface area contributed by atoms with Crippen LogP contribution < -0.4 is 15.4 Å². The third-order valence-electron chi connectivity index (χ3n) is 3.52. The Morgan fingerprint density at radius 3 is 2.69 bits per heavy atom. The molecule has 2 aromatic carbocycles. The molecule has 0 aromatic heterocycles. The van der Waals surface area contributed by atoms with Gasteiger partial charge in [-0.1, -0.05) is 27.5 Å². The maximum absolute atomic E-state index is 12.2. The lowest BCUT2D eigenvalue weighted by atomic mass is 10.2. The molecule has 0 radical (unpaired) electrons. The van der Waals surface area contributed by atoms with Gasteiger partial charge in [0.1, 0.15) is 5.75 Å². The molecule has 0 saturated heterocycles. The molecule has 0 bridgehead atoms. The van der Waals surface area contributed by atoms with Crippen molar-refractivity contribution in [3.63, 3.8) is 0 Å². The Bertz CT molecular complexity index is 817. The summed E-state index contributed by atoms with van der Waals surface area (Å²) in [7, 11) is 1.51. The molecule has 0 atom stereocenters. The zero-order valence-electron chi connectivity index (χ0n) is 13.9. The number of hydrogen-bond acceptors (Lipinski definition) is 5. The number of nitrogens with one attached hydrogen (secondary N) is 2. The Hall–Kier alpha value is -2.32. The highest BCUT2D eigenvalue weighted by Crippen LogP contribution is 2.26. The molecule has 2 rings (SSSR count). The van der Waals surface area contributed by atoms with Crippen LogP contribution in [0.4, 0.5) is 11.4 Å². The number of ether oxygens (including phenoxy) is 1. The Balaban J connectivity index is 1.81. The summed E-state index contributed by atoms with van der Waals surface area (Å²) in [4.78, 5) is 22.4. The van der Waals surface area contributed by atoms with Gasteiger partial charge in [0.2, 0.25) is 0 Å². The molecule has 0 aliphatic carbocycles. The fourth-order valence-electron chi connectivity index (χ4n) is 2.23. The van der Waals surface area contributed by atoms with Gasteiger partial charge in [0.15, 0.2) is 0 Å². The van der Waals surface area contributed by atoms with Crippen LogP contribution >= 0.6 is 27.5 Å². The third kappa shape index (κ3) is 5.34. The van der Waals surface area contributed by atoms with E-state index in [4.69, 9.17) is 16.3 Å². The van der Waals surface area contributed by atoms with Crippen molar-refractivity contribution in [2.45, 2.75) is 6.42 Å². The van der Waals surface area contributed by atoms with Gasteiger partial charge in [0.05, 0.1) is 28.3 Å². The van der Waals surface area contributed by atoms with Gasteiger partial charge < -0.3 is 15.4 Å². The number of carbonyl (C=O) groups is 1. The molecule has 0 saturated carbocycles. The highest BCUT2D eigenvalue weighted by atomic mass is 79.9. The number of anilines is 1. The van der Waals surface area contributed by atoms with Gasteiger partial charge in [-0.3, -0.25) is 14.9 Å². The Morgan fingerprint density at radius 2 is 2.04 bits per heavy atom. The summed E-state index contributed by atoms with van der Waals surface area (Å²) >= 11 is 9.34. The second kappa shape index (κ2) is 9.40. The number of amides is 1. The van der Waals surface area contributed by atoms with Crippen molar-refractivity contribution < 1.29 is 14.5 Å². The molecule has 0 fully saturated rings. The van der Waals surface area contributed by atoms with E-state index in [0.29, 0.717) is 36.5 Å². The zero-order chi connectivity index (χ0) is 19.1. The lowest BCUT2D eigenvalue weighted by Crippen LogP contribution is -2.26. The molecule has 0 aliphatic rings. The van der Waals surface area contributed by atoms with Crippen LogP contribution in [-0.4, -0.2) is 31.0 Å². The monoisotopic (exact) mass is 441 g/mol. The van der Waals surface area contributed by atoms with Crippen molar-refractivity contribution in [3.05, 3.63) is 61.6 Å². The number of hydrogen-bond donors (Lipinski definition) is 2. The van der Waals surface area contributed by atoms with Gasteiger partial charge in [-0.15, -0.1) is 0 Å². The third-order valence-corrected chi connectivity index (χ3v) is 4.33. The zero-order valence-corrected chi connectivity index (χ0v) is 16.3. The molecule has 2 N–H and O–H groups in total. The largest absolute Gasteiger partial charge is 0.496 e. The topological polar surface area (TPSA) is 93.5 Å². The second-order valence-corrected chi connectivity index (χ2v) is 6.62. The lowest BCUT2D eigenvalue weighted by Gasteiger charge is -2.11. The molecular weight excluding hydrogens is 426 g/mol. The van der Waals surface area contributed by atoms with Crippen LogP contribution in [0.3, 0.4) is 0 Å². The van der Waals surface area contributed by atoms with E-state index in [1.54, 1.807) is 24.3 Å². The SMILES string of the molecule is COc1ccc(Br)cc1C(=O)NCCCNc1ccc([N+](=O)[O-])cc1Cl. The van der Waals surface area contributed by atoms with Gasteiger partial charge >= 0.3 is 0 Å². The first-order valence-corrected chi connectivity index (χ1v) is 8.89. The Labute approximate surface area is 164 Å². The molecule has 2 aromatic rings. The van der Waals surface area contributed by atoms with Crippen molar-refractivity contribution in [2.75, 3.05) is 25.5 Å². The summed E-state index contributed by atoms with van der Waals surface area (Å²) in [5.74, 6) is 0.276. The van der Waals surface area contributed by atoms with Gasteiger partial charge in [-0.25, -0.2) is 0 Å². The van der Waals surface area contributed by atoms with E-state index >= 15 is 0 Å². The normalized spacial score (nSPS) is 10.3. The van der Waals surface area contributed by atoms with E-state index in [-0.39, 0.29) is 16.6 Å². The molecule has 9 heteroatoms. The van der Waals surface area contributed by atoms with E-state index in [1.165, 1.54) is 19.2 Å². The minimum Gasteiger partial charge on any atom is -0.496 e. The highest BCUT2D eigenvalue weighted by Gasteiger charge is 2.12. The molecule has 0 spiro atoms. The lowest BCUT2D eigenvalue weighted by molar-refractivity contribution is -0.384. The summed E-state index contributed by atoms with van der Waals surface area (Å²) in [5.41, 5.74) is 1.00. The van der Waals surface area contributed by atoms with Gasteiger partial charge in [-0.05, 0) is 30.7 Å². The number of non-ortho nitro benzene ring substituents is 1. The van der Waals surface area contributed by atoms with Crippen molar-refractivity contribution in [2.24, 2.45) is 0 Å². The smallest absolute Gasteiger partial charge is 0.271 e. The van der Waals surface area contributed by atoms with Crippen LogP contribution in [0.5, 0.6) is 5.75 Å². The molecule has 0 unspecified atom stereocenters. The predicted molar refractivity (Wildman–Crippen MR) is 104 cm³/mol. The Kier molecular flexibility index (Phi) is 7.23. The summed E-state index contributed by atoms with van der Waals surface area (Å²) in [6.45, 7) is 1.000. The van der Waals surface area contributed by atoms with E-state index in [1.807, 2.05) is 0 Å².